The van der Waals surface area contributed by atoms with E-state index in [9.17, 15) is 4.39 Å². The molecule has 1 saturated carbocycles. The Balaban J connectivity index is 1.94. The molecule has 0 bridgehead atoms. The van der Waals surface area contributed by atoms with E-state index in [0.717, 1.165) is 29.7 Å². The van der Waals surface area contributed by atoms with Crippen molar-refractivity contribution >= 4 is 5.69 Å². The number of nitrogens with two attached hydrogens (primary N) is 1. The van der Waals surface area contributed by atoms with Crippen LogP contribution in [0.4, 0.5) is 10.1 Å². The molecule has 2 aromatic rings. The minimum absolute atomic E-state index is 0.240. The van der Waals surface area contributed by atoms with Crippen molar-refractivity contribution in [1.29, 1.82) is 0 Å². The average Bonchev–Trinajstić information content (AvgIpc) is 2.95. The standard InChI is InChI=1S/C17H18FNO/c18-13-7-5-12(6-8-13)16-11-14(19)9-10-17(16)20-15-3-1-2-4-15/h5-11,15H,1-4,19H2. The highest BCUT2D eigenvalue weighted by atomic mass is 19.1. The van der Waals surface area contributed by atoms with E-state index < -0.39 is 0 Å². The van der Waals surface area contributed by atoms with Crippen molar-refractivity contribution in [2.24, 2.45) is 0 Å². The first-order chi connectivity index (χ1) is 9.72. The van der Waals surface area contributed by atoms with Crippen LogP contribution < -0.4 is 10.5 Å². The summed E-state index contributed by atoms with van der Waals surface area (Å²) in [7, 11) is 0. The molecular weight excluding hydrogens is 253 g/mol. The highest BCUT2D eigenvalue weighted by Gasteiger charge is 2.18. The molecule has 1 aliphatic carbocycles. The van der Waals surface area contributed by atoms with Crippen molar-refractivity contribution in [3.63, 3.8) is 0 Å². The van der Waals surface area contributed by atoms with Crippen LogP contribution in [0.3, 0.4) is 0 Å². The third-order valence-electron chi connectivity index (χ3n) is 3.75. The van der Waals surface area contributed by atoms with Gasteiger partial charge in [0, 0.05) is 11.3 Å². The molecule has 3 rings (SSSR count). The van der Waals surface area contributed by atoms with Crippen LogP contribution in [0.15, 0.2) is 42.5 Å². The largest absolute Gasteiger partial charge is 0.490 e. The molecule has 0 spiro atoms. The maximum Gasteiger partial charge on any atom is 0.127 e. The number of rotatable bonds is 3. The summed E-state index contributed by atoms with van der Waals surface area (Å²) < 4.78 is 19.2. The number of hydrogen-bond acceptors (Lipinski definition) is 2. The summed E-state index contributed by atoms with van der Waals surface area (Å²) in [5.74, 6) is 0.591. The van der Waals surface area contributed by atoms with Crippen molar-refractivity contribution in [2.45, 2.75) is 31.8 Å². The summed E-state index contributed by atoms with van der Waals surface area (Å²) in [5, 5.41) is 0. The van der Waals surface area contributed by atoms with Crippen molar-refractivity contribution in [2.75, 3.05) is 5.73 Å². The molecule has 0 aromatic heterocycles. The van der Waals surface area contributed by atoms with E-state index in [-0.39, 0.29) is 11.9 Å². The second-order valence-corrected chi connectivity index (χ2v) is 5.29. The first-order valence-corrected chi connectivity index (χ1v) is 7.04. The van der Waals surface area contributed by atoms with E-state index >= 15 is 0 Å². The Morgan fingerprint density at radius 1 is 1.00 bits per heavy atom. The third kappa shape index (κ3) is 2.77. The molecule has 0 aliphatic heterocycles. The second kappa shape index (κ2) is 5.53. The van der Waals surface area contributed by atoms with E-state index in [0.29, 0.717) is 5.69 Å². The van der Waals surface area contributed by atoms with Gasteiger partial charge in [-0.1, -0.05) is 12.1 Å². The van der Waals surface area contributed by atoms with E-state index in [2.05, 4.69) is 0 Å². The first-order valence-electron chi connectivity index (χ1n) is 7.04. The predicted molar refractivity (Wildman–Crippen MR) is 79.1 cm³/mol. The van der Waals surface area contributed by atoms with Crippen LogP contribution in [-0.4, -0.2) is 6.10 Å². The molecular formula is C17H18FNO. The normalized spacial score (nSPS) is 15.4. The summed E-state index contributed by atoms with van der Waals surface area (Å²) in [6, 6.07) is 12.1. The fraction of sp³-hybridized carbons (Fsp3) is 0.294. The van der Waals surface area contributed by atoms with Gasteiger partial charge in [-0.2, -0.15) is 0 Å². The molecule has 0 saturated heterocycles. The van der Waals surface area contributed by atoms with Crippen LogP contribution in [0.25, 0.3) is 11.1 Å². The monoisotopic (exact) mass is 271 g/mol. The Bertz CT molecular complexity index is 588. The minimum atomic E-state index is -0.240. The molecule has 0 radical (unpaired) electrons. The van der Waals surface area contributed by atoms with Gasteiger partial charge in [0.2, 0.25) is 0 Å². The van der Waals surface area contributed by atoms with E-state index in [4.69, 9.17) is 10.5 Å². The summed E-state index contributed by atoms with van der Waals surface area (Å²) >= 11 is 0. The highest BCUT2D eigenvalue weighted by molar-refractivity contribution is 5.73. The molecule has 20 heavy (non-hydrogen) atoms. The van der Waals surface area contributed by atoms with Gasteiger partial charge in [-0.05, 0) is 61.6 Å². The lowest BCUT2D eigenvalue weighted by Gasteiger charge is -2.17. The molecule has 1 fully saturated rings. The molecule has 2 N–H and O–H groups in total. The van der Waals surface area contributed by atoms with Crippen LogP contribution in [0.1, 0.15) is 25.7 Å². The number of ether oxygens (including phenoxy) is 1. The third-order valence-corrected chi connectivity index (χ3v) is 3.75. The number of benzene rings is 2. The number of halogens is 1. The predicted octanol–water partition coefficient (Wildman–Crippen LogP) is 4.40. The molecule has 3 heteroatoms. The fourth-order valence-corrected chi connectivity index (χ4v) is 2.69. The first kappa shape index (κ1) is 13.0. The van der Waals surface area contributed by atoms with Gasteiger partial charge in [-0.3, -0.25) is 0 Å². The van der Waals surface area contributed by atoms with Gasteiger partial charge in [-0.25, -0.2) is 4.39 Å². The maximum absolute atomic E-state index is 13.1. The van der Waals surface area contributed by atoms with Gasteiger partial charge in [0.15, 0.2) is 0 Å². The van der Waals surface area contributed by atoms with Crippen LogP contribution in [0, 0.1) is 5.82 Å². The van der Waals surface area contributed by atoms with Crippen molar-refractivity contribution in [3.05, 3.63) is 48.3 Å². The number of hydrogen-bond donors (Lipinski definition) is 1. The van der Waals surface area contributed by atoms with Crippen LogP contribution in [0.5, 0.6) is 5.75 Å². The quantitative estimate of drug-likeness (QED) is 0.840. The van der Waals surface area contributed by atoms with Crippen molar-refractivity contribution < 1.29 is 9.13 Å². The van der Waals surface area contributed by atoms with Gasteiger partial charge in [0.1, 0.15) is 11.6 Å². The van der Waals surface area contributed by atoms with Gasteiger partial charge in [-0.15, -0.1) is 0 Å². The zero-order valence-electron chi connectivity index (χ0n) is 11.3. The Kier molecular flexibility index (Phi) is 3.59. The van der Waals surface area contributed by atoms with Crippen molar-refractivity contribution in [3.8, 4) is 16.9 Å². The lowest BCUT2D eigenvalue weighted by Crippen LogP contribution is -2.11. The van der Waals surface area contributed by atoms with E-state index in [1.165, 1.54) is 25.0 Å². The molecule has 2 nitrogen and oxygen atoms in total. The Hall–Kier alpha value is -2.03. The van der Waals surface area contributed by atoms with Crippen molar-refractivity contribution in [1.82, 2.24) is 0 Å². The van der Waals surface area contributed by atoms with Gasteiger partial charge >= 0.3 is 0 Å². The summed E-state index contributed by atoms with van der Waals surface area (Å²) in [6.07, 6.45) is 4.95. The molecule has 1 aliphatic rings. The molecule has 0 atom stereocenters. The van der Waals surface area contributed by atoms with Crippen LogP contribution in [-0.2, 0) is 0 Å². The topological polar surface area (TPSA) is 35.2 Å². The molecule has 0 unspecified atom stereocenters. The number of nitrogen functional groups attached to an aromatic ring is 1. The Morgan fingerprint density at radius 2 is 1.70 bits per heavy atom. The lowest BCUT2D eigenvalue weighted by molar-refractivity contribution is 0.211. The Morgan fingerprint density at radius 3 is 2.40 bits per heavy atom. The summed E-state index contributed by atoms with van der Waals surface area (Å²) in [6.45, 7) is 0. The smallest absolute Gasteiger partial charge is 0.127 e. The summed E-state index contributed by atoms with van der Waals surface area (Å²) in [5.41, 5.74) is 8.41. The molecule has 104 valence electrons. The Labute approximate surface area is 118 Å². The zero-order valence-corrected chi connectivity index (χ0v) is 11.3. The van der Waals surface area contributed by atoms with E-state index in [1.807, 2.05) is 18.2 Å². The lowest BCUT2D eigenvalue weighted by atomic mass is 10.0. The fourth-order valence-electron chi connectivity index (χ4n) is 2.69. The van der Waals surface area contributed by atoms with Crippen LogP contribution in [0.2, 0.25) is 0 Å². The molecule has 0 amide bonds. The second-order valence-electron chi connectivity index (χ2n) is 5.29. The molecule has 2 aromatic carbocycles. The molecule has 0 heterocycles. The van der Waals surface area contributed by atoms with Gasteiger partial charge in [0.25, 0.3) is 0 Å². The van der Waals surface area contributed by atoms with Crippen LogP contribution >= 0.6 is 0 Å². The summed E-state index contributed by atoms with van der Waals surface area (Å²) in [4.78, 5) is 0. The van der Waals surface area contributed by atoms with Gasteiger partial charge in [0.05, 0.1) is 6.10 Å². The van der Waals surface area contributed by atoms with Gasteiger partial charge < -0.3 is 10.5 Å². The maximum atomic E-state index is 13.1. The zero-order chi connectivity index (χ0) is 13.9. The van der Waals surface area contributed by atoms with E-state index in [1.54, 1.807) is 12.1 Å². The minimum Gasteiger partial charge on any atom is -0.490 e. The highest BCUT2D eigenvalue weighted by Crippen LogP contribution is 2.34. The average molecular weight is 271 g/mol. The SMILES string of the molecule is Nc1ccc(OC2CCCC2)c(-c2ccc(F)cc2)c1. The number of anilines is 1.